The Labute approximate surface area is 142 Å². The Hall–Kier alpha value is -2.90. The van der Waals surface area contributed by atoms with Gasteiger partial charge in [-0.3, -0.25) is 14.9 Å². The number of carbonyl (C=O) groups excluding carboxylic acids is 3. The average molecular weight is 345 g/mol. The zero-order chi connectivity index (χ0) is 17.8. The fourth-order valence-electron chi connectivity index (χ4n) is 3.53. The first-order valence-corrected chi connectivity index (χ1v) is 8.02. The SMILES string of the molecule is Cc1c(C(=O)N2CCC3(CC2)NC(=O)NC3=O)oc2c(F)cccc12. The normalized spacial score (nSPS) is 19.4. The van der Waals surface area contributed by atoms with Crippen molar-refractivity contribution in [2.75, 3.05) is 13.1 Å². The van der Waals surface area contributed by atoms with Gasteiger partial charge in [-0.1, -0.05) is 12.1 Å². The van der Waals surface area contributed by atoms with E-state index >= 15 is 0 Å². The Morgan fingerprint density at radius 2 is 2.00 bits per heavy atom. The number of hydrogen-bond donors (Lipinski definition) is 2. The quantitative estimate of drug-likeness (QED) is 0.770. The summed E-state index contributed by atoms with van der Waals surface area (Å²) in [4.78, 5) is 37.7. The molecule has 2 aromatic rings. The van der Waals surface area contributed by atoms with Crippen molar-refractivity contribution < 1.29 is 23.2 Å². The van der Waals surface area contributed by atoms with E-state index in [1.54, 1.807) is 24.0 Å². The predicted molar refractivity (Wildman–Crippen MR) is 85.5 cm³/mol. The molecule has 7 nitrogen and oxygen atoms in total. The highest BCUT2D eigenvalue weighted by molar-refractivity contribution is 6.07. The molecule has 2 N–H and O–H groups in total. The van der Waals surface area contributed by atoms with Crippen LogP contribution in [0.5, 0.6) is 0 Å². The van der Waals surface area contributed by atoms with Crippen molar-refractivity contribution in [2.45, 2.75) is 25.3 Å². The van der Waals surface area contributed by atoms with E-state index in [9.17, 15) is 18.8 Å². The molecule has 25 heavy (non-hydrogen) atoms. The summed E-state index contributed by atoms with van der Waals surface area (Å²) in [5.74, 6) is -1.10. The number of halogens is 1. The van der Waals surface area contributed by atoms with Crippen LogP contribution in [0.2, 0.25) is 0 Å². The third kappa shape index (κ3) is 2.28. The molecule has 1 aromatic carbocycles. The Morgan fingerprint density at radius 1 is 1.28 bits per heavy atom. The number of para-hydroxylation sites is 1. The van der Waals surface area contributed by atoms with E-state index in [0.717, 1.165) is 0 Å². The molecule has 2 aliphatic heterocycles. The van der Waals surface area contributed by atoms with Gasteiger partial charge in [0.15, 0.2) is 17.2 Å². The van der Waals surface area contributed by atoms with Crippen LogP contribution >= 0.6 is 0 Å². The zero-order valence-corrected chi connectivity index (χ0v) is 13.5. The first-order valence-electron chi connectivity index (χ1n) is 8.02. The van der Waals surface area contributed by atoms with Crippen LogP contribution in [-0.2, 0) is 4.79 Å². The summed E-state index contributed by atoms with van der Waals surface area (Å²) in [5, 5.41) is 5.45. The molecule has 130 valence electrons. The van der Waals surface area contributed by atoms with Crippen LogP contribution in [-0.4, -0.2) is 41.4 Å². The van der Waals surface area contributed by atoms with Gasteiger partial charge >= 0.3 is 6.03 Å². The first kappa shape index (κ1) is 15.6. The molecule has 2 fully saturated rings. The fraction of sp³-hybridized carbons (Fsp3) is 0.353. The van der Waals surface area contributed by atoms with Crippen molar-refractivity contribution in [3.05, 3.63) is 35.3 Å². The minimum Gasteiger partial charge on any atom is -0.448 e. The number of urea groups is 1. The van der Waals surface area contributed by atoms with E-state index in [2.05, 4.69) is 10.6 Å². The van der Waals surface area contributed by atoms with Crippen molar-refractivity contribution >= 4 is 28.8 Å². The monoisotopic (exact) mass is 345 g/mol. The van der Waals surface area contributed by atoms with Gasteiger partial charge in [0, 0.05) is 24.0 Å². The number of nitrogens with zero attached hydrogens (tertiary/aromatic N) is 1. The molecule has 0 unspecified atom stereocenters. The number of furan rings is 1. The molecule has 0 atom stereocenters. The van der Waals surface area contributed by atoms with E-state index in [4.69, 9.17) is 4.42 Å². The summed E-state index contributed by atoms with van der Waals surface area (Å²) in [5.41, 5.74) is -0.283. The molecule has 8 heteroatoms. The lowest BCUT2D eigenvalue weighted by atomic mass is 9.87. The van der Waals surface area contributed by atoms with Crippen molar-refractivity contribution in [3.8, 4) is 0 Å². The van der Waals surface area contributed by atoms with Crippen molar-refractivity contribution in [1.29, 1.82) is 0 Å². The maximum atomic E-state index is 13.9. The highest BCUT2D eigenvalue weighted by Gasteiger charge is 2.48. The molecular formula is C17H16FN3O4. The zero-order valence-electron chi connectivity index (χ0n) is 13.5. The third-order valence-corrected chi connectivity index (χ3v) is 5.03. The van der Waals surface area contributed by atoms with Gasteiger partial charge in [0.2, 0.25) is 0 Å². The Morgan fingerprint density at radius 3 is 2.60 bits per heavy atom. The number of hydrogen-bond acceptors (Lipinski definition) is 4. The molecule has 4 rings (SSSR count). The fourth-order valence-corrected chi connectivity index (χ4v) is 3.53. The number of fused-ring (bicyclic) bond motifs is 1. The van der Waals surface area contributed by atoms with Gasteiger partial charge in [0.1, 0.15) is 5.54 Å². The third-order valence-electron chi connectivity index (χ3n) is 5.03. The highest BCUT2D eigenvalue weighted by Crippen LogP contribution is 2.30. The number of amides is 4. The summed E-state index contributed by atoms with van der Waals surface area (Å²) in [6.45, 7) is 2.31. The second-order valence-corrected chi connectivity index (χ2v) is 6.46. The first-order chi connectivity index (χ1) is 11.9. The number of piperidine rings is 1. The van der Waals surface area contributed by atoms with Crippen LogP contribution in [0, 0.1) is 12.7 Å². The van der Waals surface area contributed by atoms with E-state index in [1.165, 1.54) is 6.07 Å². The number of benzene rings is 1. The number of imide groups is 1. The second kappa shape index (κ2) is 5.30. The molecule has 0 aliphatic carbocycles. The van der Waals surface area contributed by atoms with Crippen molar-refractivity contribution in [1.82, 2.24) is 15.5 Å². The maximum Gasteiger partial charge on any atom is 0.322 e. The highest BCUT2D eigenvalue weighted by atomic mass is 19.1. The molecule has 1 spiro atoms. The summed E-state index contributed by atoms with van der Waals surface area (Å²) < 4.78 is 19.3. The summed E-state index contributed by atoms with van der Waals surface area (Å²) in [6.07, 6.45) is 0.647. The van der Waals surface area contributed by atoms with E-state index < -0.39 is 17.4 Å². The largest absolute Gasteiger partial charge is 0.448 e. The number of carbonyl (C=O) groups is 3. The molecule has 2 saturated heterocycles. The predicted octanol–water partition coefficient (Wildman–Crippen LogP) is 1.69. The minimum absolute atomic E-state index is 0.0688. The van der Waals surface area contributed by atoms with E-state index in [-0.39, 0.29) is 23.2 Å². The Kier molecular flexibility index (Phi) is 3.31. The lowest BCUT2D eigenvalue weighted by Crippen LogP contribution is -2.55. The lowest BCUT2D eigenvalue weighted by Gasteiger charge is -2.36. The molecule has 1 aromatic heterocycles. The molecule has 0 saturated carbocycles. The van der Waals surface area contributed by atoms with Crippen LogP contribution in [0.1, 0.15) is 29.0 Å². The molecular weight excluding hydrogens is 329 g/mol. The van der Waals surface area contributed by atoms with Gasteiger partial charge in [-0.2, -0.15) is 0 Å². The molecule has 0 bridgehead atoms. The second-order valence-electron chi connectivity index (χ2n) is 6.46. The smallest absolute Gasteiger partial charge is 0.322 e. The Bertz CT molecular complexity index is 912. The number of likely N-dealkylation sites (tertiary alicyclic amines) is 1. The van der Waals surface area contributed by atoms with Crippen molar-refractivity contribution in [2.24, 2.45) is 0 Å². The van der Waals surface area contributed by atoms with Gasteiger partial charge in [-0.05, 0) is 25.8 Å². The van der Waals surface area contributed by atoms with E-state index in [1.807, 2.05) is 0 Å². The summed E-state index contributed by atoms with van der Waals surface area (Å²) in [6, 6.07) is 4.05. The van der Waals surface area contributed by atoms with Crippen LogP contribution in [0.15, 0.2) is 22.6 Å². The maximum absolute atomic E-state index is 13.9. The van der Waals surface area contributed by atoms with Crippen LogP contribution in [0.3, 0.4) is 0 Å². The molecule has 3 heterocycles. The number of nitrogens with one attached hydrogen (secondary N) is 2. The lowest BCUT2D eigenvalue weighted by molar-refractivity contribution is -0.125. The van der Waals surface area contributed by atoms with Gasteiger partial charge in [-0.25, -0.2) is 9.18 Å². The van der Waals surface area contributed by atoms with Gasteiger partial charge in [0.05, 0.1) is 0 Å². The summed E-state index contributed by atoms with van der Waals surface area (Å²) in [7, 11) is 0. The minimum atomic E-state index is -0.942. The Balaban J connectivity index is 1.57. The van der Waals surface area contributed by atoms with Crippen LogP contribution in [0.4, 0.5) is 9.18 Å². The van der Waals surface area contributed by atoms with Gasteiger partial charge in [0.25, 0.3) is 11.8 Å². The molecule has 2 aliphatic rings. The van der Waals surface area contributed by atoms with Crippen molar-refractivity contribution in [3.63, 3.8) is 0 Å². The van der Waals surface area contributed by atoms with Crippen LogP contribution < -0.4 is 10.6 Å². The van der Waals surface area contributed by atoms with E-state index in [0.29, 0.717) is 36.9 Å². The van der Waals surface area contributed by atoms with Gasteiger partial charge in [-0.15, -0.1) is 0 Å². The molecule has 0 radical (unpaired) electrons. The molecule has 4 amide bonds. The number of rotatable bonds is 1. The average Bonchev–Trinajstić information content (AvgIpc) is 3.06. The van der Waals surface area contributed by atoms with Gasteiger partial charge < -0.3 is 14.6 Å². The van der Waals surface area contributed by atoms with Crippen LogP contribution in [0.25, 0.3) is 11.0 Å². The standard InChI is InChI=1S/C17H16FN3O4/c1-9-10-3-2-4-11(18)13(10)25-12(9)14(22)21-7-5-17(6-8-21)15(23)19-16(24)20-17/h2-4H,5-8H2,1H3,(H2,19,20,23,24). The number of aryl methyl sites for hydroxylation is 1. The topological polar surface area (TPSA) is 91.7 Å². The summed E-state index contributed by atoms with van der Waals surface area (Å²) >= 11 is 0.